The summed E-state index contributed by atoms with van der Waals surface area (Å²) >= 11 is 0. The molecular weight excluding hydrogens is 303 g/mol. The molecule has 0 aromatic heterocycles. The molecule has 0 saturated heterocycles. The summed E-state index contributed by atoms with van der Waals surface area (Å²) in [5, 5.41) is 22.6. The van der Waals surface area contributed by atoms with Crippen molar-refractivity contribution in [2.45, 2.75) is 51.9 Å². The Morgan fingerprint density at radius 1 is 1.39 bits per heavy atom. The zero-order chi connectivity index (χ0) is 17.8. The summed E-state index contributed by atoms with van der Waals surface area (Å²) in [6.07, 6.45) is -3.09. The third-order valence-electron chi connectivity index (χ3n) is 3.18. The van der Waals surface area contributed by atoms with E-state index in [4.69, 9.17) is 10.5 Å². The van der Waals surface area contributed by atoms with Crippen molar-refractivity contribution >= 4 is 11.8 Å². The monoisotopic (exact) mass is 328 g/mol. The lowest BCUT2D eigenvalue weighted by atomic mass is 9.98. The first-order valence-electron chi connectivity index (χ1n) is 7.39. The number of nitrogen functional groups attached to an aromatic ring is 1. The SMILES string of the molecule is Cc1cc(F)cc(C(O)C(O)CCNC(=O)OC(C)(C)C)c1N. The minimum atomic E-state index is -1.34. The summed E-state index contributed by atoms with van der Waals surface area (Å²) in [5.41, 5.74) is 6.04. The number of alkyl carbamates (subject to hydrolysis) is 1. The van der Waals surface area contributed by atoms with E-state index in [1.807, 2.05) is 0 Å². The van der Waals surface area contributed by atoms with Crippen molar-refractivity contribution in [2.75, 3.05) is 12.3 Å². The van der Waals surface area contributed by atoms with E-state index >= 15 is 0 Å². The highest BCUT2D eigenvalue weighted by Gasteiger charge is 2.23. The molecule has 0 radical (unpaired) electrons. The number of nitrogens with two attached hydrogens (primary N) is 1. The predicted octanol–water partition coefficient (Wildman–Crippen LogP) is 2.03. The van der Waals surface area contributed by atoms with Gasteiger partial charge in [-0.2, -0.15) is 0 Å². The normalized spacial score (nSPS) is 14.2. The Balaban J connectivity index is 2.58. The van der Waals surface area contributed by atoms with Gasteiger partial charge in [-0.15, -0.1) is 0 Å². The van der Waals surface area contributed by atoms with Crippen molar-refractivity contribution in [3.63, 3.8) is 0 Å². The number of nitrogens with one attached hydrogen (secondary N) is 1. The van der Waals surface area contributed by atoms with E-state index in [1.54, 1.807) is 27.7 Å². The second-order valence-corrected chi connectivity index (χ2v) is 6.46. The summed E-state index contributed by atoms with van der Waals surface area (Å²) in [6.45, 7) is 6.92. The largest absolute Gasteiger partial charge is 0.444 e. The number of anilines is 1. The Morgan fingerprint density at radius 2 is 2.00 bits per heavy atom. The number of hydrogen-bond acceptors (Lipinski definition) is 5. The quantitative estimate of drug-likeness (QED) is 0.619. The molecule has 2 atom stereocenters. The maximum Gasteiger partial charge on any atom is 0.407 e. The van der Waals surface area contributed by atoms with Crippen LogP contribution in [0.1, 0.15) is 44.4 Å². The molecule has 1 rings (SSSR count). The minimum Gasteiger partial charge on any atom is -0.444 e. The zero-order valence-corrected chi connectivity index (χ0v) is 13.9. The van der Waals surface area contributed by atoms with Gasteiger partial charge in [0, 0.05) is 17.8 Å². The number of carbonyl (C=O) groups excluding carboxylic acids is 1. The second-order valence-electron chi connectivity index (χ2n) is 6.46. The van der Waals surface area contributed by atoms with Crippen LogP contribution in [0.2, 0.25) is 0 Å². The van der Waals surface area contributed by atoms with Crippen LogP contribution in [0.3, 0.4) is 0 Å². The first-order chi connectivity index (χ1) is 10.5. The molecule has 23 heavy (non-hydrogen) atoms. The van der Waals surface area contributed by atoms with Crippen LogP contribution < -0.4 is 11.1 Å². The van der Waals surface area contributed by atoms with Crippen LogP contribution in [0.25, 0.3) is 0 Å². The predicted molar refractivity (Wildman–Crippen MR) is 85.4 cm³/mol. The standard InChI is InChI=1S/C16H25FN2O4/c1-9-7-10(17)8-11(13(9)18)14(21)12(20)5-6-19-15(22)23-16(2,3)4/h7-8,12,14,20-21H,5-6,18H2,1-4H3,(H,19,22). The molecular formula is C16H25FN2O4. The van der Waals surface area contributed by atoms with Crippen LogP contribution in [0.5, 0.6) is 0 Å². The molecule has 0 spiro atoms. The molecule has 1 amide bonds. The Morgan fingerprint density at radius 3 is 2.57 bits per heavy atom. The highest BCUT2D eigenvalue weighted by molar-refractivity contribution is 5.67. The van der Waals surface area contributed by atoms with Crippen LogP contribution in [0.15, 0.2) is 12.1 Å². The number of hydrogen-bond donors (Lipinski definition) is 4. The highest BCUT2D eigenvalue weighted by atomic mass is 19.1. The molecule has 0 fully saturated rings. The van der Waals surface area contributed by atoms with Crippen molar-refractivity contribution < 1.29 is 24.1 Å². The van der Waals surface area contributed by atoms with E-state index in [0.29, 0.717) is 5.56 Å². The van der Waals surface area contributed by atoms with Gasteiger partial charge in [-0.1, -0.05) is 0 Å². The fourth-order valence-electron chi connectivity index (χ4n) is 2.03. The molecule has 0 aliphatic carbocycles. The van der Waals surface area contributed by atoms with Gasteiger partial charge >= 0.3 is 6.09 Å². The third kappa shape index (κ3) is 6.03. The fraction of sp³-hybridized carbons (Fsp3) is 0.562. The Labute approximate surface area is 135 Å². The number of carbonyl (C=O) groups is 1. The summed E-state index contributed by atoms with van der Waals surface area (Å²) < 4.78 is 18.5. The van der Waals surface area contributed by atoms with Gasteiger partial charge in [0.25, 0.3) is 0 Å². The fourth-order valence-corrected chi connectivity index (χ4v) is 2.03. The van der Waals surface area contributed by atoms with Crippen molar-refractivity contribution in [1.29, 1.82) is 0 Å². The second kappa shape index (κ2) is 7.61. The van der Waals surface area contributed by atoms with Gasteiger partial charge in [0.05, 0.1) is 6.10 Å². The topological polar surface area (TPSA) is 105 Å². The molecule has 0 heterocycles. The Bertz CT molecular complexity index is 558. The summed E-state index contributed by atoms with van der Waals surface area (Å²) in [7, 11) is 0. The van der Waals surface area contributed by atoms with Crippen molar-refractivity contribution in [3.8, 4) is 0 Å². The molecule has 1 aromatic rings. The van der Waals surface area contributed by atoms with E-state index < -0.39 is 29.7 Å². The number of ether oxygens (including phenoxy) is 1. The van der Waals surface area contributed by atoms with Crippen LogP contribution in [0, 0.1) is 12.7 Å². The maximum absolute atomic E-state index is 13.4. The lowest BCUT2D eigenvalue weighted by Gasteiger charge is -2.22. The molecule has 0 saturated carbocycles. The first-order valence-corrected chi connectivity index (χ1v) is 7.39. The number of rotatable bonds is 5. The molecule has 0 aliphatic rings. The van der Waals surface area contributed by atoms with E-state index in [2.05, 4.69) is 5.32 Å². The third-order valence-corrected chi connectivity index (χ3v) is 3.18. The first kappa shape index (κ1) is 19.2. The number of aliphatic hydroxyl groups excluding tert-OH is 2. The van der Waals surface area contributed by atoms with Gasteiger partial charge in [-0.3, -0.25) is 0 Å². The zero-order valence-electron chi connectivity index (χ0n) is 13.9. The van der Waals surface area contributed by atoms with E-state index in [-0.39, 0.29) is 24.2 Å². The number of benzene rings is 1. The van der Waals surface area contributed by atoms with Gasteiger partial charge in [0.1, 0.15) is 17.5 Å². The van der Waals surface area contributed by atoms with Crippen LogP contribution in [-0.4, -0.2) is 34.6 Å². The van der Waals surface area contributed by atoms with Crippen LogP contribution in [-0.2, 0) is 4.74 Å². The van der Waals surface area contributed by atoms with Crippen molar-refractivity contribution in [3.05, 3.63) is 29.1 Å². The number of aryl methyl sites for hydroxylation is 1. The Kier molecular flexibility index (Phi) is 6.35. The van der Waals surface area contributed by atoms with Crippen LogP contribution >= 0.6 is 0 Å². The lowest BCUT2D eigenvalue weighted by molar-refractivity contribution is 0.0125. The van der Waals surface area contributed by atoms with Gasteiger partial charge < -0.3 is 26.0 Å². The van der Waals surface area contributed by atoms with Crippen molar-refractivity contribution in [1.82, 2.24) is 5.32 Å². The van der Waals surface area contributed by atoms with Crippen molar-refractivity contribution in [2.24, 2.45) is 0 Å². The van der Waals surface area contributed by atoms with Gasteiger partial charge in [-0.05, 0) is 51.8 Å². The smallest absolute Gasteiger partial charge is 0.407 e. The van der Waals surface area contributed by atoms with Gasteiger partial charge in [-0.25, -0.2) is 9.18 Å². The number of amides is 1. The van der Waals surface area contributed by atoms with Gasteiger partial charge in [0.2, 0.25) is 0 Å². The molecule has 130 valence electrons. The summed E-state index contributed by atoms with van der Waals surface area (Å²) in [5.74, 6) is -0.537. The summed E-state index contributed by atoms with van der Waals surface area (Å²) in [4.78, 5) is 11.5. The molecule has 0 bridgehead atoms. The number of halogens is 1. The summed E-state index contributed by atoms with van der Waals surface area (Å²) in [6, 6.07) is 2.35. The number of aliphatic hydroxyl groups is 2. The van der Waals surface area contributed by atoms with Crippen LogP contribution in [0.4, 0.5) is 14.9 Å². The molecule has 1 aromatic carbocycles. The highest BCUT2D eigenvalue weighted by Crippen LogP contribution is 2.28. The van der Waals surface area contributed by atoms with E-state index in [9.17, 15) is 19.4 Å². The van der Waals surface area contributed by atoms with Gasteiger partial charge in [0.15, 0.2) is 0 Å². The molecule has 7 heteroatoms. The molecule has 6 nitrogen and oxygen atoms in total. The van der Waals surface area contributed by atoms with E-state index in [0.717, 1.165) is 6.07 Å². The average Bonchev–Trinajstić information content (AvgIpc) is 2.39. The Hall–Kier alpha value is -1.86. The minimum absolute atomic E-state index is 0.0649. The lowest BCUT2D eigenvalue weighted by Crippen LogP contribution is -2.34. The average molecular weight is 328 g/mol. The van der Waals surface area contributed by atoms with E-state index in [1.165, 1.54) is 6.07 Å². The molecule has 0 aliphatic heterocycles. The molecule has 5 N–H and O–H groups in total. The maximum atomic E-state index is 13.4. The molecule has 2 unspecified atom stereocenters.